The number of amides is 2. The Morgan fingerprint density at radius 3 is 2.35 bits per heavy atom. The lowest BCUT2D eigenvalue weighted by atomic mass is 9.88. The Hall–Kier alpha value is -2.05. The zero-order valence-corrected chi connectivity index (χ0v) is 15.1. The van der Waals surface area contributed by atoms with Crippen LogP contribution in [0, 0.1) is 5.92 Å². The maximum Gasteiger partial charge on any atom is 0.407 e. The summed E-state index contributed by atoms with van der Waals surface area (Å²) in [5.41, 5.74) is -0.683. The second-order valence-electron chi connectivity index (χ2n) is 7.28. The van der Waals surface area contributed by atoms with Gasteiger partial charge in [0, 0.05) is 19.8 Å². The van der Waals surface area contributed by atoms with E-state index in [2.05, 4.69) is 15.7 Å². The zero-order chi connectivity index (χ0) is 17.8. The van der Waals surface area contributed by atoms with E-state index in [9.17, 15) is 9.59 Å². The van der Waals surface area contributed by atoms with E-state index >= 15 is 0 Å². The first-order valence-corrected chi connectivity index (χ1v) is 7.71. The monoisotopic (exact) mass is 324 g/mol. The highest BCUT2D eigenvalue weighted by Gasteiger charge is 2.32. The van der Waals surface area contributed by atoms with Gasteiger partial charge in [0.05, 0.1) is 17.3 Å². The van der Waals surface area contributed by atoms with E-state index in [1.165, 1.54) is 6.20 Å². The van der Waals surface area contributed by atoms with Gasteiger partial charge in [-0.1, -0.05) is 13.8 Å². The van der Waals surface area contributed by atoms with Gasteiger partial charge in [-0.3, -0.25) is 9.48 Å². The first-order valence-electron chi connectivity index (χ1n) is 7.71. The number of carbonyl (C=O) groups is 2. The lowest BCUT2D eigenvalue weighted by Gasteiger charge is -2.35. The largest absolute Gasteiger partial charge is 0.444 e. The van der Waals surface area contributed by atoms with Gasteiger partial charge in [0.2, 0.25) is 0 Å². The highest BCUT2D eigenvalue weighted by atomic mass is 16.6. The fraction of sp³-hybridized carbons (Fsp3) is 0.688. The molecule has 0 saturated heterocycles. The van der Waals surface area contributed by atoms with Crippen LogP contribution in [0.4, 0.5) is 4.79 Å². The molecule has 1 atom stereocenters. The topological polar surface area (TPSA) is 85.2 Å². The van der Waals surface area contributed by atoms with Gasteiger partial charge >= 0.3 is 6.09 Å². The third kappa shape index (κ3) is 5.92. The molecular formula is C16H28N4O3. The Morgan fingerprint density at radius 2 is 1.91 bits per heavy atom. The van der Waals surface area contributed by atoms with E-state index < -0.39 is 17.2 Å². The van der Waals surface area contributed by atoms with E-state index in [1.807, 2.05) is 20.8 Å². The van der Waals surface area contributed by atoms with Crippen LogP contribution in [0.2, 0.25) is 0 Å². The predicted molar refractivity (Wildman–Crippen MR) is 88.2 cm³/mol. The predicted octanol–water partition coefficient (Wildman–Crippen LogP) is 2.09. The molecule has 23 heavy (non-hydrogen) atoms. The van der Waals surface area contributed by atoms with Gasteiger partial charge < -0.3 is 15.4 Å². The molecule has 1 aromatic rings. The lowest BCUT2D eigenvalue weighted by Crippen LogP contribution is -2.57. The van der Waals surface area contributed by atoms with E-state index in [0.717, 1.165) is 0 Å². The standard InChI is InChI=1S/C16H28N4O3/c1-11(2)16(6,10-17-14(22)23-15(3,4)5)19-13(21)12-8-18-20(7)9-12/h8-9,11H,10H2,1-7H3,(H,17,22)(H,19,21). The fourth-order valence-corrected chi connectivity index (χ4v) is 1.83. The molecule has 0 aliphatic carbocycles. The Morgan fingerprint density at radius 1 is 1.30 bits per heavy atom. The SMILES string of the molecule is CC(C)C(C)(CNC(=O)OC(C)(C)C)NC(=O)c1cnn(C)c1. The Kier molecular flexibility index (Phi) is 5.80. The van der Waals surface area contributed by atoms with Crippen molar-refractivity contribution in [2.75, 3.05) is 6.54 Å². The molecule has 0 aliphatic heterocycles. The Bertz CT molecular complexity index is 560. The molecule has 130 valence electrons. The Balaban J connectivity index is 2.71. The Labute approximate surface area is 137 Å². The summed E-state index contributed by atoms with van der Waals surface area (Å²) in [5.74, 6) is -0.113. The van der Waals surface area contributed by atoms with Crippen molar-refractivity contribution in [1.29, 1.82) is 0 Å². The molecule has 7 heteroatoms. The minimum Gasteiger partial charge on any atom is -0.444 e. The van der Waals surface area contributed by atoms with Crippen LogP contribution in [0.3, 0.4) is 0 Å². The third-order valence-electron chi connectivity index (χ3n) is 3.64. The van der Waals surface area contributed by atoms with Crippen LogP contribution in [-0.4, -0.2) is 39.5 Å². The van der Waals surface area contributed by atoms with Gasteiger partial charge in [-0.05, 0) is 33.6 Å². The van der Waals surface area contributed by atoms with E-state index in [0.29, 0.717) is 5.56 Å². The van der Waals surface area contributed by atoms with Crippen molar-refractivity contribution < 1.29 is 14.3 Å². The summed E-state index contributed by atoms with van der Waals surface area (Å²) in [6, 6.07) is 0. The molecule has 1 rings (SSSR count). The number of aromatic nitrogens is 2. The number of ether oxygens (including phenoxy) is 1. The molecule has 1 aromatic heterocycles. The zero-order valence-electron chi connectivity index (χ0n) is 15.1. The molecule has 0 spiro atoms. The number of nitrogens with zero attached hydrogens (tertiary/aromatic N) is 2. The molecule has 0 radical (unpaired) electrons. The summed E-state index contributed by atoms with van der Waals surface area (Å²) >= 11 is 0. The second kappa shape index (κ2) is 7.02. The third-order valence-corrected chi connectivity index (χ3v) is 3.64. The van der Waals surface area contributed by atoms with Crippen molar-refractivity contribution in [3.63, 3.8) is 0 Å². The molecule has 2 N–H and O–H groups in total. The van der Waals surface area contributed by atoms with E-state index in [4.69, 9.17) is 4.74 Å². The smallest absolute Gasteiger partial charge is 0.407 e. The van der Waals surface area contributed by atoms with Gasteiger partial charge in [0.25, 0.3) is 5.91 Å². The molecule has 1 unspecified atom stereocenters. The molecule has 1 heterocycles. The number of hydrogen-bond donors (Lipinski definition) is 2. The highest BCUT2D eigenvalue weighted by molar-refractivity contribution is 5.94. The van der Waals surface area contributed by atoms with Crippen LogP contribution in [0.5, 0.6) is 0 Å². The maximum absolute atomic E-state index is 12.3. The van der Waals surface area contributed by atoms with Gasteiger partial charge in [-0.15, -0.1) is 0 Å². The van der Waals surface area contributed by atoms with Gasteiger partial charge in [0.15, 0.2) is 0 Å². The average Bonchev–Trinajstić information content (AvgIpc) is 2.81. The molecule has 7 nitrogen and oxygen atoms in total. The summed E-state index contributed by atoms with van der Waals surface area (Å²) in [7, 11) is 1.75. The second-order valence-corrected chi connectivity index (χ2v) is 7.28. The number of carbonyl (C=O) groups excluding carboxylic acids is 2. The van der Waals surface area contributed by atoms with Crippen LogP contribution >= 0.6 is 0 Å². The first-order chi connectivity index (χ1) is 10.4. The van der Waals surface area contributed by atoms with Crippen molar-refractivity contribution in [2.45, 2.75) is 52.7 Å². The summed E-state index contributed by atoms with van der Waals surface area (Å²) in [6.45, 7) is 11.5. The molecular weight excluding hydrogens is 296 g/mol. The highest BCUT2D eigenvalue weighted by Crippen LogP contribution is 2.17. The molecule has 0 saturated carbocycles. The summed E-state index contributed by atoms with van der Waals surface area (Å²) in [4.78, 5) is 24.2. The van der Waals surface area contributed by atoms with Crippen molar-refractivity contribution in [3.05, 3.63) is 18.0 Å². The molecule has 0 aliphatic rings. The van der Waals surface area contributed by atoms with E-state index in [-0.39, 0.29) is 18.4 Å². The minimum atomic E-state index is -0.607. The van der Waals surface area contributed by atoms with Crippen molar-refractivity contribution in [1.82, 2.24) is 20.4 Å². The molecule has 0 aromatic carbocycles. The van der Waals surface area contributed by atoms with Crippen molar-refractivity contribution >= 4 is 12.0 Å². The van der Waals surface area contributed by atoms with Crippen LogP contribution in [0.1, 0.15) is 51.9 Å². The van der Waals surface area contributed by atoms with Crippen molar-refractivity contribution in [3.8, 4) is 0 Å². The van der Waals surface area contributed by atoms with Crippen LogP contribution < -0.4 is 10.6 Å². The fourth-order valence-electron chi connectivity index (χ4n) is 1.83. The number of aryl methyl sites for hydroxylation is 1. The van der Waals surface area contributed by atoms with E-state index in [1.54, 1.807) is 38.7 Å². The number of nitrogens with one attached hydrogen (secondary N) is 2. The van der Waals surface area contributed by atoms with Crippen LogP contribution in [0.25, 0.3) is 0 Å². The first kappa shape index (κ1) is 19.0. The lowest BCUT2D eigenvalue weighted by molar-refractivity contribution is 0.0497. The average molecular weight is 324 g/mol. The quantitative estimate of drug-likeness (QED) is 0.868. The van der Waals surface area contributed by atoms with Gasteiger partial charge in [-0.25, -0.2) is 4.79 Å². The van der Waals surface area contributed by atoms with Gasteiger partial charge in [0.1, 0.15) is 5.60 Å². The number of hydrogen-bond acceptors (Lipinski definition) is 4. The summed E-state index contributed by atoms with van der Waals surface area (Å²) in [5, 5.41) is 9.70. The minimum absolute atomic E-state index is 0.109. The maximum atomic E-state index is 12.3. The molecule has 0 bridgehead atoms. The van der Waals surface area contributed by atoms with Crippen LogP contribution in [0.15, 0.2) is 12.4 Å². The summed E-state index contributed by atoms with van der Waals surface area (Å²) < 4.78 is 6.80. The van der Waals surface area contributed by atoms with Crippen molar-refractivity contribution in [2.24, 2.45) is 13.0 Å². The molecule has 2 amide bonds. The summed E-state index contributed by atoms with van der Waals surface area (Å²) in [6.07, 6.45) is 2.66. The van der Waals surface area contributed by atoms with Gasteiger partial charge in [-0.2, -0.15) is 5.10 Å². The van der Waals surface area contributed by atoms with Crippen LogP contribution in [-0.2, 0) is 11.8 Å². The molecule has 0 fully saturated rings. The normalized spacial score (nSPS) is 14.3. The number of alkyl carbamates (subject to hydrolysis) is 1. The number of rotatable bonds is 5.